The molecule has 0 bridgehead atoms. The van der Waals surface area contributed by atoms with E-state index in [0.29, 0.717) is 17.9 Å². The number of hydrogen-bond donors (Lipinski definition) is 0. The van der Waals surface area contributed by atoms with E-state index in [2.05, 4.69) is 0 Å². The fraction of sp³-hybridized carbons (Fsp3) is 0.278. The van der Waals surface area contributed by atoms with Crippen LogP contribution in [0.5, 0.6) is 5.75 Å². The van der Waals surface area contributed by atoms with Crippen molar-refractivity contribution >= 4 is 15.9 Å². The van der Waals surface area contributed by atoms with Crippen LogP contribution in [0.1, 0.15) is 0 Å². The fourth-order valence-electron chi connectivity index (χ4n) is 2.79. The summed E-state index contributed by atoms with van der Waals surface area (Å²) in [5.74, 6) is -5.69. The van der Waals surface area contributed by atoms with Crippen LogP contribution in [0.4, 0.5) is 17.6 Å². The maximum absolute atomic E-state index is 13.9. The summed E-state index contributed by atoms with van der Waals surface area (Å²) in [5, 5.41) is 0. The predicted molar refractivity (Wildman–Crippen MR) is 93.5 cm³/mol. The lowest BCUT2D eigenvalue weighted by Gasteiger charge is -2.34. The highest BCUT2D eigenvalue weighted by molar-refractivity contribution is 7.89. The minimum Gasteiger partial charge on any atom is -0.484 e. The lowest BCUT2D eigenvalue weighted by atomic mass is 10.3. The average molecular weight is 432 g/mol. The number of carbonyl (C=O) groups is 1. The molecule has 0 N–H and O–H groups in total. The molecule has 0 unspecified atom stereocenters. The molecule has 2 aromatic carbocycles. The molecule has 0 aliphatic carbocycles. The molecular formula is C18H16F4N2O4S. The number of halogens is 4. The van der Waals surface area contributed by atoms with Crippen LogP contribution < -0.4 is 4.74 Å². The summed E-state index contributed by atoms with van der Waals surface area (Å²) in [7, 11) is -4.39. The van der Waals surface area contributed by atoms with Gasteiger partial charge in [-0.3, -0.25) is 4.79 Å². The molecule has 1 aliphatic heterocycles. The number of amides is 1. The van der Waals surface area contributed by atoms with E-state index in [1.807, 2.05) is 0 Å². The first-order valence-electron chi connectivity index (χ1n) is 8.50. The Labute approximate surface area is 164 Å². The van der Waals surface area contributed by atoms with E-state index >= 15 is 0 Å². The predicted octanol–water partition coefficient (Wildman–Crippen LogP) is 2.15. The average Bonchev–Trinajstić information content (AvgIpc) is 2.71. The maximum Gasteiger partial charge on any atom is 0.260 e. The number of hydrogen-bond acceptors (Lipinski definition) is 4. The van der Waals surface area contributed by atoms with Crippen molar-refractivity contribution in [3.63, 3.8) is 0 Å². The molecule has 29 heavy (non-hydrogen) atoms. The monoisotopic (exact) mass is 432 g/mol. The SMILES string of the molecule is O=C(COc1ccc(F)cc1)N1CCN(S(=O)(=O)c2ccc(F)c(F)c2F)CC1. The van der Waals surface area contributed by atoms with Crippen LogP contribution in [-0.2, 0) is 14.8 Å². The molecule has 1 heterocycles. The highest BCUT2D eigenvalue weighted by Crippen LogP contribution is 2.24. The van der Waals surface area contributed by atoms with E-state index < -0.39 is 44.1 Å². The standard InChI is InChI=1S/C18H16F4N2O4S/c19-12-1-3-13(4-2-12)28-11-16(25)23-7-9-24(10-8-23)29(26,27)15-6-5-14(20)17(21)18(15)22/h1-6H,7-11H2. The lowest BCUT2D eigenvalue weighted by molar-refractivity contribution is -0.134. The number of rotatable bonds is 5. The summed E-state index contributed by atoms with van der Waals surface area (Å²) < 4.78 is 84.4. The van der Waals surface area contributed by atoms with Crippen molar-refractivity contribution in [1.82, 2.24) is 9.21 Å². The zero-order chi connectivity index (χ0) is 21.2. The molecule has 1 fully saturated rings. The molecule has 11 heteroatoms. The zero-order valence-corrected chi connectivity index (χ0v) is 15.8. The first kappa shape index (κ1) is 21.1. The van der Waals surface area contributed by atoms with Crippen molar-refractivity contribution < 1.29 is 35.5 Å². The Morgan fingerprint density at radius 3 is 2.14 bits per heavy atom. The largest absolute Gasteiger partial charge is 0.484 e. The quantitative estimate of drug-likeness (QED) is 0.537. The van der Waals surface area contributed by atoms with Crippen molar-refractivity contribution in [1.29, 1.82) is 0 Å². The van der Waals surface area contributed by atoms with Gasteiger partial charge in [-0.1, -0.05) is 0 Å². The second-order valence-electron chi connectivity index (χ2n) is 6.20. The Hall–Kier alpha value is -2.66. The topological polar surface area (TPSA) is 66.9 Å². The van der Waals surface area contributed by atoms with Gasteiger partial charge in [0.1, 0.15) is 16.5 Å². The minimum absolute atomic E-state index is 0.0101. The molecule has 6 nitrogen and oxygen atoms in total. The number of benzene rings is 2. The van der Waals surface area contributed by atoms with E-state index in [4.69, 9.17) is 4.74 Å². The van der Waals surface area contributed by atoms with Gasteiger partial charge < -0.3 is 9.64 Å². The first-order chi connectivity index (χ1) is 13.7. The Bertz CT molecular complexity index is 1010. The number of nitrogens with zero attached hydrogens (tertiary/aromatic N) is 2. The van der Waals surface area contributed by atoms with Crippen LogP contribution in [0.15, 0.2) is 41.3 Å². The smallest absolute Gasteiger partial charge is 0.260 e. The van der Waals surface area contributed by atoms with Gasteiger partial charge in [0.2, 0.25) is 10.0 Å². The summed E-state index contributed by atoms with van der Waals surface area (Å²) in [5.41, 5.74) is 0. The molecule has 156 valence electrons. The summed E-state index contributed by atoms with van der Waals surface area (Å²) >= 11 is 0. The fourth-order valence-corrected chi connectivity index (χ4v) is 4.27. The summed E-state index contributed by atoms with van der Waals surface area (Å²) in [4.78, 5) is 12.6. The van der Waals surface area contributed by atoms with Gasteiger partial charge in [0.25, 0.3) is 5.91 Å². The van der Waals surface area contributed by atoms with Crippen LogP contribution in [0.2, 0.25) is 0 Å². The van der Waals surface area contributed by atoms with Gasteiger partial charge in [-0.15, -0.1) is 0 Å². The molecule has 0 radical (unpaired) electrons. The molecule has 1 saturated heterocycles. The third-order valence-electron chi connectivity index (χ3n) is 4.38. The third-order valence-corrected chi connectivity index (χ3v) is 6.30. The highest BCUT2D eigenvalue weighted by Gasteiger charge is 2.33. The summed E-state index contributed by atoms with van der Waals surface area (Å²) in [6, 6.07) is 6.30. The lowest BCUT2D eigenvalue weighted by Crippen LogP contribution is -2.51. The molecular weight excluding hydrogens is 416 g/mol. The van der Waals surface area contributed by atoms with Gasteiger partial charge in [0, 0.05) is 26.2 Å². The number of sulfonamides is 1. The Balaban J connectivity index is 1.60. The first-order valence-corrected chi connectivity index (χ1v) is 9.94. The van der Waals surface area contributed by atoms with Gasteiger partial charge in [0.05, 0.1) is 0 Å². The van der Waals surface area contributed by atoms with Crippen molar-refractivity contribution in [2.45, 2.75) is 4.90 Å². The number of carbonyl (C=O) groups excluding carboxylic acids is 1. The Morgan fingerprint density at radius 2 is 1.52 bits per heavy atom. The van der Waals surface area contributed by atoms with Gasteiger partial charge in [-0.05, 0) is 36.4 Å². The molecule has 1 aliphatic rings. The van der Waals surface area contributed by atoms with Crippen molar-refractivity contribution in [2.24, 2.45) is 0 Å². The minimum atomic E-state index is -4.39. The van der Waals surface area contributed by atoms with Crippen molar-refractivity contribution in [3.05, 3.63) is 59.7 Å². The molecule has 0 aromatic heterocycles. The zero-order valence-electron chi connectivity index (χ0n) is 14.9. The molecule has 0 atom stereocenters. The summed E-state index contributed by atoms with van der Waals surface area (Å²) in [6.07, 6.45) is 0. The van der Waals surface area contributed by atoms with Gasteiger partial charge in [-0.2, -0.15) is 4.31 Å². The van der Waals surface area contributed by atoms with E-state index in [1.54, 1.807) is 0 Å². The molecule has 3 rings (SSSR count). The van der Waals surface area contributed by atoms with E-state index in [-0.39, 0.29) is 32.8 Å². The van der Waals surface area contributed by atoms with E-state index in [9.17, 15) is 30.8 Å². The van der Waals surface area contributed by atoms with Crippen molar-refractivity contribution in [3.8, 4) is 5.75 Å². The summed E-state index contributed by atoms with van der Waals surface area (Å²) in [6.45, 7) is -0.603. The van der Waals surface area contributed by atoms with Gasteiger partial charge in [-0.25, -0.2) is 26.0 Å². The second-order valence-corrected chi connectivity index (χ2v) is 8.11. The molecule has 0 saturated carbocycles. The van der Waals surface area contributed by atoms with Gasteiger partial charge >= 0.3 is 0 Å². The Kier molecular flexibility index (Phi) is 6.08. The molecule has 0 spiro atoms. The molecule has 1 amide bonds. The van der Waals surface area contributed by atoms with E-state index in [0.717, 1.165) is 4.31 Å². The van der Waals surface area contributed by atoms with Crippen molar-refractivity contribution in [2.75, 3.05) is 32.8 Å². The van der Waals surface area contributed by atoms with Crippen LogP contribution in [0.25, 0.3) is 0 Å². The van der Waals surface area contributed by atoms with Crippen LogP contribution >= 0.6 is 0 Å². The maximum atomic E-state index is 13.9. The Morgan fingerprint density at radius 1 is 0.897 bits per heavy atom. The highest BCUT2D eigenvalue weighted by atomic mass is 32.2. The third kappa shape index (κ3) is 4.51. The van der Waals surface area contributed by atoms with E-state index in [1.165, 1.54) is 29.2 Å². The second kappa shape index (κ2) is 8.37. The van der Waals surface area contributed by atoms with Gasteiger partial charge in [0.15, 0.2) is 24.1 Å². The number of ether oxygens (including phenoxy) is 1. The van der Waals surface area contributed by atoms with Crippen LogP contribution in [0, 0.1) is 23.3 Å². The van der Waals surface area contributed by atoms with Crippen LogP contribution in [0.3, 0.4) is 0 Å². The molecule has 2 aromatic rings. The van der Waals surface area contributed by atoms with Crippen LogP contribution in [-0.4, -0.2) is 56.3 Å². The normalized spacial score (nSPS) is 15.4. The number of piperazine rings is 1.